The number of aliphatic hydroxyl groups excluding tert-OH is 1. The van der Waals surface area contributed by atoms with Crippen LogP contribution in [0.1, 0.15) is 47.5 Å². The van der Waals surface area contributed by atoms with Gasteiger partial charge in [-0.15, -0.1) is 0 Å². The van der Waals surface area contributed by atoms with Crippen LogP contribution >= 0.6 is 0 Å². The molecule has 96 valence electrons. The Hall–Kier alpha value is -0.120. The minimum Gasteiger partial charge on any atom is -0.870 e. The standard InChI is InChI=1S/C8H20N.C4H10O.H2O/c1-5-9(6-2,7-3)8-4;1-2-3-4-5;/h5-8H2,1-4H3;5H,2-4H2,1H3;1H2/q+1;;/p-1. The van der Waals surface area contributed by atoms with Crippen molar-refractivity contribution < 1.29 is 15.1 Å². The maximum Gasteiger partial charge on any atom is 0.0757 e. The molecule has 0 aromatic heterocycles. The van der Waals surface area contributed by atoms with Crippen LogP contribution in [0.4, 0.5) is 0 Å². The van der Waals surface area contributed by atoms with E-state index >= 15 is 0 Å². The summed E-state index contributed by atoms with van der Waals surface area (Å²) < 4.78 is 1.28. The first-order valence-electron chi connectivity index (χ1n) is 6.12. The van der Waals surface area contributed by atoms with Gasteiger partial charge in [-0.1, -0.05) is 13.3 Å². The second kappa shape index (κ2) is 13.9. The molecule has 0 aliphatic heterocycles. The Morgan fingerprint density at radius 3 is 1.13 bits per heavy atom. The largest absolute Gasteiger partial charge is 0.870 e. The van der Waals surface area contributed by atoms with E-state index in [0.717, 1.165) is 12.8 Å². The maximum atomic E-state index is 8.07. The highest BCUT2D eigenvalue weighted by Crippen LogP contribution is 2.03. The van der Waals surface area contributed by atoms with Gasteiger partial charge in [0.25, 0.3) is 0 Å². The molecule has 0 rings (SSSR count). The number of aliphatic hydroxyl groups is 1. The predicted molar refractivity (Wildman–Crippen MR) is 66.4 cm³/mol. The van der Waals surface area contributed by atoms with Gasteiger partial charge in [0.1, 0.15) is 0 Å². The van der Waals surface area contributed by atoms with Gasteiger partial charge in [-0.3, -0.25) is 0 Å². The zero-order valence-corrected chi connectivity index (χ0v) is 11.3. The van der Waals surface area contributed by atoms with E-state index in [2.05, 4.69) is 34.6 Å². The lowest BCUT2D eigenvalue weighted by molar-refractivity contribution is -0.921. The van der Waals surface area contributed by atoms with Crippen molar-refractivity contribution in [3.63, 3.8) is 0 Å². The molecule has 0 fully saturated rings. The Labute approximate surface area is 96.0 Å². The predicted octanol–water partition coefficient (Wildman–Crippen LogP) is 2.48. The van der Waals surface area contributed by atoms with Crippen LogP contribution in [0, 0.1) is 0 Å². The number of hydrogen-bond donors (Lipinski definition) is 1. The van der Waals surface area contributed by atoms with Crippen molar-refractivity contribution in [3.05, 3.63) is 0 Å². The van der Waals surface area contributed by atoms with Crippen molar-refractivity contribution in [2.75, 3.05) is 32.8 Å². The molecule has 3 heteroatoms. The first-order chi connectivity index (χ1) is 6.66. The second-order valence-corrected chi connectivity index (χ2v) is 3.68. The van der Waals surface area contributed by atoms with E-state index in [1.807, 2.05) is 0 Å². The second-order valence-electron chi connectivity index (χ2n) is 3.68. The fraction of sp³-hybridized carbons (Fsp3) is 1.00. The van der Waals surface area contributed by atoms with Gasteiger partial charge in [0.15, 0.2) is 0 Å². The highest BCUT2D eigenvalue weighted by molar-refractivity contribution is 4.31. The van der Waals surface area contributed by atoms with Gasteiger partial charge in [-0.25, -0.2) is 0 Å². The van der Waals surface area contributed by atoms with Crippen LogP contribution in [0.5, 0.6) is 0 Å². The van der Waals surface area contributed by atoms with Gasteiger partial charge in [-0.2, -0.15) is 0 Å². The number of quaternary nitrogens is 1. The van der Waals surface area contributed by atoms with Crippen molar-refractivity contribution in [1.29, 1.82) is 0 Å². The Morgan fingerprint density at radius 1 is 0.800 bits per heavy atom. The fourth-order valence-corrected chi connectivity index (χ4v) is 1.50. The lowest BCUT2D eigenvalue weighted by Crippen LogP contribution is -2.47. The smallest absolute Gasteiger partial charge is 0.0757 e. The van der Waals surface area contributed by atoms with Crippen molar-refractivity contribution in [3.8, 4) is 0 Å². The zero-order valence-electron chi connectivity index (χ0n) is 11.3. The summed E-state index contributed by atoms with van der Waals surface area (Å²) in [5.41, 5.74) is 0. The highest BCUT2D eigenvalue weighted by atomic mass is 16.2. The van der Waals surface area contributed by atoms with E-state index in [0.29, 0.717) is 6.61 Å². The topological polar surface area (TPSA) is 50.2 Å². The molecule has 0 amide bonds. The molecular weight excluding hydrogens is 190 g/mol. The summed E-state index contributed by atoms with van der Waals surface area (Å²) >= 11 is 0. The van der Waals surface area contributed by atoms with E-state index in [1.54, 1.807) is 0 Å². The quantitative estimate of drug-likeness (QED) is 0.701. The first-order valence-corrected chi connectivity index (χ1v) is 6.12. The molecule has 0 radical (unpaired) electrons. The van der Waals surface area contributed by atoms with Gasteiger partial charge in [0, 0.05) is 6.61 Å². The molecule has 3 nitrogen and oxygen atoms in total. The van der Waals surface area contributed by atoms with E-state index in [-0.39, 0.29) is 5.48 Å². The molecule has 0 spiro atoms. The lowest BCUT2D eigenvalue weighted by Gasteiger charge is -2.34. The monoisotopic (exact) mass is 221 g/mol. The molecule has 0 aromatic rings. The van der Waals surface area contributed by atoms with Gasteiger partial charge in [0.05, 0.1) is 26.2 Å². The summed E-state index contributed by atoms with van der Waals surface area (Å²) in [7, 11) is 0. The van der Waals surface area contributed by atoms with Crippen LogP contribution < -0.4 is 0 Å². The van der Waals surface area contributed by atoms with E-state index in [9.17, 15) is 0 Å². The highest BCUT2D eigenvalue weighted by Gasteiger charge is 2.16. The van der Waals surface area contributed by atoms with E-state index < -0.39 is 0 Å². The third-order valence-electron chi connectivity index (χ3n) is 3.19. The van der Waals surface area contributed by atoms with Crippen LogP contribution in [-0.2, 0) is 0 Å². The number of nitrogens with zero attached hydrogens (tertiary/aromatic N) is 1. The van der Waals surface area contributed by atoms with E-state index in [4.69, 9.17) is 5.11 Å². The Kier molecular flexibility index (Phi) is 18.8. The average molecular weight is 221 g/mol. The molecule has 0 heterocycles. The van der Waals surface area contributed by atoms with Crippen molar-refractivity contribution in [2.45, 2.75) is 47.5 Å². The van der Waals surface area contributed by atoms with Gasteiger partial charge < -0.3 is 15.1 Å². The summed E-state index contributed by atoms with van der Waals surface area (Å²) in [5, 5.41) is 8.07. The summed E-state index contributed by atoms with van der Waals surface area (Å²) in [6.45, 7) is 16.6. The number of hydrogen-bond acceptors (Lipinski definition) is 2. The summed E-state index contributed by atoms with van der Waals surface area (Å²) in [5.74, 6) is 0. The molecule has 0 aliphatic carbocycles. The van der Waals surface area contributed by atoms with E-state index in [1.165, 1.54) is 30.7 Å². The van der Waals surface area contributed by atoms with Crippen LogP contribution in [0.2, 0.25) is 0 Å². The summed E-state index contributed by atoms with van der Waals surface area (Å²) in [4.78, 5) is 0. The van der Waals surface area contributed by atoms with Crippen molar-refractivity contribution >= 4 is 0 Å². The van der Waals surface area contributed by atoms with Crippen LogP contribution in [0.3, 0.4) is 0 Å². The molecule has 0 aliphatic rings. The lowest BCUT2D eigenvalue weighted by atomic mass is 10.3. The number of unbranched alkanes of at least 4 members (excludes halogenated alkanes) is 1. The normalized spacial score (nSPS) is 10.0. The molecule has 0 atom stereocenters. The van der Waals surface area contributed by atoms with Crippen LogP contribution in [0.25, 0.3) is 0 Å². The van der Waals surface area contributed by atoms with Crippen LogP contribution in [-0.4, -0.2) is 47.9 Å². The zero-order chi connectivity index (χ0) is 11.4. The molecule has 0 saturated heterocycles. The third-order valence-corrected chi connectivity index (χ3v) is 3.19. The molecule has 0 aromatic carbocycles. The number of rotatable bonds is 6. The molecular formula is C12H31NO2. The van der Waals surface area contributed by atoms with Gasteiger partial charge >= 0.3 is 0 Å². The van der Waals surface area contributed by atoms with Crippen molar-refractivity contribution in [2.24, 2.45) is 0 Å². The Bertz CT molecular complexity index is 84.3. The van der Waals surface area contributed by atoms with Crippen LogP contribution in [0.15, 0.2) is 0 Å². The summed E-state index contributed by atoms with van der Waals surface area (Å²) in [6, 6.07) is 0. The molecule has 0 bridgehead atoms. The SMILES string of the molecule is CCCCO.CC[N+](CC)(CC)CC.[OH-]. The summed E-state index contributed by atoms with van der Waals surface area (Å²) in [6.07, 6.45) is 2.04. The molecule has 0 unspecified atom stereocenters. The third kappa shape index (κ3) is 10.2. The first kappa shape index (κ1) is 20.3. The molecule has 2 N–H and O–H groups in total. The minimum absolute atomic E-state index is 0. The van der Waals surface area contributed by atoms with Gasteiger partial charge in [0.2, 0.25) is 0 Å². The maximum absolute atomic E-state index is 8.07. The fourth-order valence-electron chi connectivity index (χ4n) is 1.50. The Morgan fingerprint density at radius 2 is 1.13 bits per heavy atom. The van der Waals surface area contributed by atoms with Crippen molar-refractivity contribution in [1.82, 2.24) is 0 Å². The minimum atomic E-state index is 0. The van der Waals surface area contributed by atoms with Gasteiger partial charge in [-0.05, 0) is 34.1 Å². The molecule has 0 saturated carbocycles. The Balaban J connectivity index is -0.000000208. The molecule has 15 heavy (non-hydrogen) atoms. The average Bonchev–Trinajstić information content (AvgIpc) is 2.24.